The third kappa shape index (κ3) is 3.55. The highest BCUT2D eigenvalue weighted by molar-refractivity contribution is 6.07. The van der Waals surface area contributed by atoms with Crippen molar-refractivity contribution < 1.29 is 19.4 Å². The van der Waals surface area contributed by atoms with Crippen molar-refractivity contribution in [3.05, 3.63) is 64.7 Å². The fraction of sp³-hybridized carbons (Fsp3) is 0.200. The van der Waals surface area contributed by atoms with Crippen LogP contribution in [0.3, 0.4) is 0 Å². The zero-order valence-corrected chi connectivity index (χ0v) is 14.2. The van der Waals surface area contributed by atoms with E-state index in [-0.39, 0.29) is 17.6 Å². The van der Waals surface area contributed by atoms with Crippen LogP contribution in [0.1, 0.15) is 27.0 Å². The predicted octanol–water partition coefficient (Wildman–Crippen LogP) is 3.86. The van der Waals surface area contributed by atoms with Crippen LogP contribution in [0.15, 0.2) is 42.5 Å². The maximum absolute atomic E-state index is 12.3. The van der Waals surface area contributed by atoms with E-state index < -0.39 is 0 Å². The van der Waals surface area contributed by atoms with Crippen molar-refractivity contribution in [3.8, 4) is 5.75 Å². The lowest BCUT2D eigenvalue weighted by Gasteiger charge is -2.12. The lowest BCUT2D eigenvalue weighted by atomic mass is 10.0. The molecule has 1 aliphatic heterocycles. The summed E-state index contributed by atoms with van der Waals surface area (Å²) in [6.45, 7) is 4.55. The predicted molar refractivity (Wildman–Crippen MR) is 96.1 cm³/mol. The van der Waals surface area contributed by atoms with Crippen LogP contribution in [0.4, 0.5) is 10.5 Å². The van der Waals surface area contributed by atoms with Crippen molar-refractivity contribution in [1.29, 1.82) is 0 Å². The van der Waals surface area contributed by atoms with Gasteiger partial charge >= 0.3 is 6.09 Å². The third-order valence-electron chi connectivity index (χ3n) is 4.16. The lowest BCUT2D eigenvalue weighted by Crippen LogP contribution is -2.23. The average Bonchev–Trinajstić information content (AvgIpc) is 3.03. The number of phenolic OH excluding ortho intramolecular Hbond substituents is 1. The molecule has 0 saturated carbocycles. The van der Waals surface area contributed by atoms with Gasteiger partial charge < -0.3 is 9.84 Å². The molecule has 5 heteroatoms. The van der Waals surface area contributed by atoms with Gasteiger partial charge in [-0.05, 0) is 73.0 Å². The molecule has 1 saturated heterocycles. The van der Waals surface area contributed by atoms with E-state index in [9.17, 15) is 14.7 Å². The van der Waals surface area contributed by atoms with Crippen molar-refractivity contribution in [1.82, 2.24) is 0 Å². The first-order valence-electron chi connectivity index (χ1n) is 8.02. The van der Waals surface area contributed by atoms with Crippen LogP contribution in [0, 0.1) is 13.8 Å². The van der Waals surface area contributed by atoms with E-state index in [1.54, 1.807) is 30.3 Å². The number of carbonyl (C=O) groups is 2. The monoisotopic (exact) mass is 337 g/mol. The molecule has 0 aromatic heterocycles. The molecule has 1 fully saturated rings. The molecule has 1 aliphatic rings. The van der Waals surface area contributed by atoms with E-state index in [1.807, 2.05) is 26.0 Å². The number of carbonyl (C=O) groups excluding carboxylic acids is 2. The second-order valence-electron chi connectivity index (χ2n) is 6.01. The largest absolute Gasteiger partial charge is 0.507 e. The first kappa shape index (κ1) is 16.8. The van der Waals surface area contributed by atoms with Gasteiger partial charge in [0.25, 0.3) is 0 Å². The molecule has 0 bridgehead atoms. The van der Waals surface area contributed by atoms with E-state index in [4.69, 9.17) is 4.74 Å². The molecule has 0 atom stereocenters. The highest BCUT2D eigenvalue weighted by Crippen LogP contribution is 2.24. The topological polar surface area (TPSA) is 66.8 Å². The summed E-state index contributed by atoms with van der Waals surface area (Å²) in [7, 11) is 0. The number of ketones is 1. The number of amides is 1. The molecule has 0 unspecified atom stereocenters. The standard InChI is InChI=1S/C20H19NO4/c1-13-11-15(12-14(2)19(13)23)3-8-18(22)16-4-6-17(7-5-16)21-9-10-25-20(21)24/h3-8,11-12,23H,9-10H2,1-2H3/b8-3+. The quantitative estimate of drug-likeness (QED) is 0.679. The molecular formula is C20H19NO4. The number of aryl methyl sites for hydroxylation is 2. The van der Waals surface area contributed by atoms with Gasteiger partial charge in [0.15, 0.2) is 5.78 Å². The van der Waals surface area contributed by atoms with Crippen LogP contribution < -0.4 is 4.90 Å². The number of rotatable bonds is 4. The average molecular weight is 337 g/mol. The van der Waals surface area contributed by atoms with Crippen LogP contribution in [0.2, 0.25) is 0 Å². The Hall–Kier alpha value is -3.08. The number of cyclic esters (lactones) is 1. The Balaban J connectivity index is 1.74. The second-order valence-corrected chi connectivity index (χ2v) is 6.01. The highest BCUT2D eigenvalue weighted by Gasteiger charge is 2.23. The molecule has 1 N–H and O–H groups in total. The van der Waals surface area contributed by atoms with Gasteiger partial charge in [0.1, 0.15) is 12.4 Å². The van der Waals surface area contributed by atoms with Crippen molar-refractivity contribution in [3.63, 3.8) is 0 Å². The van der Waals surface area contributed by atoms with Crippen LogP contribution in [0.25, 0.3) is 6.08 Å². The maximum Gasteiger partial charge on any atom is 0.414 e. The molecule has 5 nitrogen and oxygen atoms in total. The molecule has 2 aromatic rings. The van der Waals surface area contributed by atoms with Gasteiger partial charge in [-0.2, -0.15) is 0 Å². The van der Waals surface area contributed by atoms with Crippen LogP contribution in [0.5, 0.6) is 5.75 Å². The summed E-state index contributed by atoms with van der Waals surface area (Å²) in [5, 5.41) is 9.79. The summed E-state index contributed by atoms with van der Waals surface area (Å²) < 4.78 is 4.90. The summed E-state index contributed by atoms with van der Waals surface area (Å²) in [4.78, 5) is 25.4. The summed E-state index contributed by atoms with van der Waals surface area (Å²) in [6, 6.07) is 10.5. The molecular weight excluding hydrogens is 318 g/mol. The molecule has 0 radical (unpaired) electrons. The fourth-order valence-corrected chi connectivity index (χ4v) is 2.79. The van der Waals surface area contributed by atoms with Crippen LogP contribution in [-0.4, -0.2) is 30.1 Å². The summed E-state index contributed by atoms with van der Waals surface area (Å²) >= 11 is 0. The molecule has 0 aliphatic carbocycles. The summed E-state index contributed by atoms with van der Waals surface area (Å²) in [6.07, 6.45) is 2.87. The molecule has 1 heterocycles. The Morgan fingerprint density at radius 3 is 2.36 bits per heavy atom. The van der Waals surface area contributed by atoms with Gasteiger partial charge in [-0.25, -0.2) is 4.79 Å². The van der Waals surface area contributed by atoms with E-state index >= 15 is 0 Å². The third-order valence-corrected chi connectivity index (χ3v) is 4.16. The number of hydrogen-bond donors (Lipinski definition) is 1. The zero-order chi connectivity index (χ0) is 18.0. The number of nitrogens with zero attached hydrogens (tertiary/aromatic N) is 1. The first-order chi connectivity index (χ1) is 12.0. The minimum atomic E-state index is -0.364. The van der Waals surface area contributed by atoms with Crippen molar-refractivity contribution >= 4 is 23.6 Å². The number of anilines is 1. The van der Waals surface area contributed by atoms with E-state index in [1.165, 1.54) is 11.0 Å². The second kappa shape index (κ2) is 6.81. The molecule has 2 aromatic carbocycles. The van der Waals surface area contributed by atoms with E-state index in [2.05, 4.69) is 0 Å². The molecule has 128 valence electrons. The number of hydrogen-bond acceptors (Lipinski definition) is 4. The maximum atomic E-state index is 12.3. The minimum Gasteiger partial charge on any atom is -0.507 e. The van der Waals surface area contributed by atoms with E-state index in [0.717, 1.165) is 16.7 Å². The van der Waals surface area contributed by atoms with Crippen LogP contribution in [-0.2, 0) is 4.74 Å². The number of phenols is 1. The number of ether oxygens (including phenoxy) is 1. The Kier molecular flexibility index (Phi) is 4.57. The van der Waals surface area contributed by atoms with Gasteiger partial charge in [-0.15, -0.1) is 0 Å². The summed E-state index contributed by atoms with van der Waals surface area (Å²) in [5.41, 5.74) is 3.66. The fourth-order valence-electron chi connectivity index (χ4n) is 2.79. The first-order valence-corrected chi connectivity index (χ1v) is 8.02. The van der Waals surface area contributed by atoms with Gasteiger partial charge in [-0.3, -0.25) is 9.69 Å². The van der Waals surface area contributed by atoms with Gasteiger partial charge in [-0.1, -0.05) is 6.08 Å². The zero-order valence-electron chi connectivity index (χ0n) is 14.2. The Bertz CT molecular complexity index is 829. The molecule has 1 amide bonds. The number of allylic oxidation sites excluding steroid dienone is 1. The van der Waals surface area contributed by atoms with Crippen LogP contribution >= 0.6 is 0 Å². The summed E-state index contributed by atoms with van der Waals surface area (Å²) in [5.74, 6) is 0.151. The number of aromatic hydroxyl groups is 1. The molecule has 0 spiro atoms. The SMILES string of the molecule is Cc1cc(/C=C/C(=O)c2ccc(N3CCOC3=O)cc2)cc(C)c1O. The normalized spacial score (nSPS) is 14.2. The van der Waals surface area contributed by atoms with Crippen molar-refractivity contribution in [2.75, 3.05) is 18.1 Å². The highest BCUT2D eigenvalue weighted by atomic mass is 16.6. The van der Waals surface area contributed by atoms with Gasteiger partial charge in [0.2, 0.25) is 0 Å². The van der Waals surface area contributed by atoms with Crippen molar-refractivity contribution in [2.24, 2.45) is 0 Å². The van der Waals surface area contributed by atoms with Crippen molar-refractivity contribution in [2.45, 2.75) is 13.8 Å². The smallest absolute Gasteiger partial charge is 0.414 e. The molecule has 3 rings (SSSR count). The lowest BCUT2D eigenvalue weighted by molar-refractivity contribution is 0.104. The Morgan fingerprint density at radius 1 is 1.16 bits per heavy atom. The minimum absolute atomic E-state index is 0.126. The van der Waals surface area contributed by atoms with Gasteiger partial charge in [0, 0.05) is 11.3 Å². The molecule has 25 heavy (non-hydrogen) atoms. The Morgan fingerprint density at radius 2 is 1.80 bits per heavy atom. The van der Waals surface area contributed by atoms with E-state index in [0.29, 0.717) is 24.4 Å². The number of benzene rings is 2. The Labute approximate surface area is 146 Å². The van der Waals surface area contributed by atoms with Gasteiger partial charge in [0.05, 0.1) is 6.54 Å².